The highest BCUT2D eigenvalue weighted by atomic mass is 16.4. The maximum Gasteiger partial charge on any atom is 0.287 e. The number of aromatic nitrogens is 1. The highest BCUT2D eigenvalue weighted by Gasteiger charge is 2.19. The van der Waals surface area contributed by atoms with Crippen LogP contribution in [-0.4, -0.2) is 28.9 Å². The minimum Gasteiger partial charge on any atom is -0.455 e. The summed E-state index contributed by atoms with van der Waals surface area (Å²) >= 11 is 0. The van der Waals surface area contributed by atoms with Crippen LogP contribution in [-0.2, 0) is 6.54 Å². The number of carbonyl (C=O) groups is 1. The average Bonchev–Trinajstić information content (AvgIpc) is 3.25. The van der Waals surface area contributed by atoms with Crippen LogP contribution in [0.5, 0.6) is 0 Å². The van der Waals surface area contributed by atoms with E-state index in [0.717, 1.165) is 43.2 Å². The second-order valence-corrected chi connectivity index (χ2v) is 6.39. The Balaban J connectivity index is 1.64. The summed E-state index contributed by atoms with van der Waals surface area (Å²) in [4.78, 5) is 19.3. The molecule has 0 saturated carbocycles. The molecule has 5 heteroatoms. The van der Waals surface area contributed by atoms with Crippen LogP contribution < -0.4 is 5.32 Å². The van der Waals surface area contributed by atoms with Gasteiger partial charge < -0.3 is 9.73 Å². The van der Waals surface area contributed by atoms with Crippen LogP contribution >= 0.6 is 0 Å². The Labute approximate surface area is 143 Å². The van der Waals surface area contributed by atoms with E-state index in [1.54, 1.807) is 6.07 Å². The lowest BCUT2D eigenvalue weighted by Crippen LogP contribution is -2.28. The first kappa shape index (κ1) is 16.7. The Hall–Kier alpha value is -2.14. The summed E-state index contributed by atoms with van der Waals surface area (Å²) in [6.45, 7) is 6.99. The Morgan fingerprint density at radius 3 is 2.79 bits per heavy atom. The van der Waals surface area contributed by atoms with E-state index < -0.39 is 0 Å². The quantitative estimate of drug-likeness (QED) is 0.883. The number of nitrogens with zero attached hydrogens (tertiary/aromatic N) is 2. The molecule has 1 aliphatic heterocycles. The number of aryl methyl sites for hydroxylation is 1. The van der Waals surface area contributed by atoms with Crippen molar-refractivity contribution < 1.29 is 9.21 Å². The maximum atomic E-state index is 12.5. The molecule has 0 radical (unpaired) electrons. The lowest BCUT2D eigenvalue weighted by molar-refractivity contribution is 0.0903. The normalized spacial score (nSPS) is 16.2. The van der Waals surface area contributed by atoms with Crippen LogP contribution in [0.2, 0.25) is 0 Å². The van der Waals surface area contributed by atoms with Gasteiger partial charge in [-0.25, -0.2) is 0 Å². The zero-order valence-corrected chi connectivity index (χ0v) is 14.4. The fourth-order valence-corrected chi connectivity index (χ4v) is 3.12. The van der Waals surface area contributed by atoms with Gasteiger partial charge in [-0.15, -0.1) is 0 Å². The van der Waals surface area contributed by atoms with Crippen molar-refractivity contribution >= 4 is 5.91 Å². The summed E-state index contributed by atoms with van der Waals surface area (Å²) in [7, 11) is 0. The monoisotopic (exact) mass is 327 g/mol. The smallest absolute Gasteiger partial charge is 0.287 e. The summed E-state index contributed by atoms with van der Waals surface area (Å²) < 4.78 is 5.74. The Morgan fingerprint density at radius 1 is 1.29 bits per heavy atom. The van der Waals surface area contributed by atoms with Crippen LogP contribution in [0.4, 0.5) is 0 Å². The van der Waals surface area contributed by atoms with Gasteiger partial charge in [0.15, 0.2) is 5.76 Å². The van der Waals surface area contributed by atoms with Gasteiger partial charge in [-0.3, -0.25) is 14.7 Å². The molecule has 5 nitrogen and oxygen atoms in total. The van der Waals surface area contributed by atoms with Gasteiger partial charge in [0, 0.05) is 5.69 Å². The molecule has 1 aliphatic rings. The van der Waals surface area contributed by atoms with Crippen LogP contribution in [0.3, 0.4) is 0 Å². The van der Waals surface area contributed by atoms with Crippen molar-refractivity contribution in [2.24, 2.45) is 0 Å². The molecule has 1 saturated heterocycles. The lowest BCUT2D eigenvalue weighted by atomic mass is 10.1. The Morgan fingerprint density at radius 2 is 2.08 bits per heavy atom. The summed E-state index contributed by atoms with van der Waals surface area (Å²) in [5, 5.41) is 3.02. The molecule has 1 fully saturated rings. The van der Waals surface area contributed by atoms with E-state index in [-0.39, 0.29) is 11.9 Å². The lowest BCUT2D eigenvalue weighted by Gasteiger charge is -2.16. The second kappa shape index (κ2) is 7.62. The number of pyridine rings is 1. The van der Waals surface area contributed by atoms with Crippen molar-refractivity contribution in [3.63, 3.8) is 0 Å². The van der Waals surface area contributed by atoms with E-state index in [1.165, 1.54) is 12.8 Å². The van der Waals surface area contributed by atoms with E-state index in [4.69, 9.17) is 4.42 Å². The number of likely N-dealkylation sites (tertiary alicyclic amines) is 1. The topological polar surface area (TPSA) is 58.4 Å². The minimum absolute atomic E-state index is 0.107. The number of rotatable bonds is 6. The number of amides is 1. The number of hydrogen-bond donors (Lipinski definition) is 1. The molecule has 2 aromatic rings. The Bertz CT molecular complexity index is 689. The van der Waals surface area contributed by atoms with E-state index in [9.17, 15) is 4.79 Å². The molecule has 1 amide bonds. The molecule has 2 aromatic heterocycles. The zero-order chi connectivity index (χ0) is 16.9. The summed E-state index contributed by atoms with van der Waals surface area (Å²) in [6.07, 6.45) is 3.27. The van der Waals surface area contributed by atoms with Crippen molar-refractivity contribution in [3.05, 3.63) is 53.2 Å². The van der Waals surface area contributed by atoms with Gasteiger partial charge in [0.25, 0.3) is 5.91 Å². The first-order valence-electron chi connectivity index (χ1n) is 8.71. The van der Waals surface area contributed by atoms with Gasteiger partial charge in [-0.05, 0) is 63.5 Å². The molecule has 0 spiro atoms. The summed E-state index contributed by atoms with van der Waals surface area (Å²) in [5.74, 6) is 1.04. The number of furan rings is 1. The standard InChI is InChI=1S/C19H25N3O2/c1-3-16(17-8-6-7-14(2)20-17)21-19(23)18-10-9-15(24-18)13-22-11-4-5-12-22/h6-10,16H,3-5,11-13H2,1-2H3,(H,21,23). The van der Waals surface area contributed by atoms with Crippen LogP contribution in [0.1, 0.15) is 59.9 Å². The average molecular weight is 327 g/mol. The highest BCUT2D eigenvalue weighted by Crippen LogP contribution is 2.18. The summed E-state index contributed by atoms with van der Waals surface area (Å²) in [5.41, 5.74) is 1.83. The molecular formula is C19H25N3O2. The highest BCUT2D eigenvalue weighted by molar-refractivity contribution is 5.91. The molecule has 1 N–H and O–H groups in total. The predicted molar refractivity (Wildman–Crippen MR) is 92.7 cm³/mol. The van der Waals surface area contributed by atoms with Gasteiger partial charge in [-0.2, -0.15) is 0 Å². The van der Waals surface area contributed by atoms with Gasteiger partial charge in [0.2, 0.25) is 0 Å². The molecule has 0 aliphatic carbocycles. The largest absolute Gasteiger partial charge is 0.455 e. The van der Waals surface area contributed by atoms with E-state index in [0.29, 0.717) is 5.76 Å². The number of nitrogens with one attached hydrogen (secondary N) is 1. The molecule has 0 aromatic carbocycles. The molecule has 3 heterocycles. The first-order chi connectivity index (χ1) is 11.7. The van der Waals surface area contributed by atoms with Crippen molar-refractivity contribution in [3.8, 4) is 0 Å². The number of hydrogen-bond acceptors (Lipinski definition) is 4. The van der Waals surface area contributed by atoms with Crippen LogP contribution in [0.15, 0.2) is 34.7 Å². The van der Waals surface area contributed by atoms with E-state index in [1.807, 2.05) is 38.1 Å². The van der Waals surface area contributed by atoms with Crippen molar-refractivity contribution in [1.29, 1.82) is 0 Å². The third kappa shape index (κ3) is 4.03. The molecule has 1 atom stereocenters. The van der Waals surface area contributed by atoms with Crippen LogP contribution in [0, 0.1) is 6.92 Å². The first-order valence-corrected chi connectivity index (χ1v) is 8.71. The Kier molecular flexibility index (Phi) is 5.30. The molecule has 0 bridgehead atoms. The molecule has 1 unspecified atom stereocenters. The van der Waals surface area contributed by atoms with Crippen molar-refractivity contribution in [1.82, 2.24) is 15.2 Å². The van der Waals surface area contributed by atoms with Gasteiger partial charge in [0.1, 0.15) is 5.76 Å². The third-order valence-corrected chi connectivity index (χ3v) is 4.44. The minimum atomic E-state index is -0.183. The second-order valence-electron chi connectivity index (χ2n) is 6.39. The predicted octanol–water partition coefficient (Wildman–Crippen LogP) is 3.46. The van der Waals surface area contributed by atoms with E-state index >= 15 is 0 Å². The van der Waals surface area contributed by atoms with Crippen molar-refractivity contribution in [2.75, 3.05) is 13.1 Å². The molecule has 3 rings (SSSR count). The summed E-state index contributed by atoms with van der Waals surface area (Å²) in [6, 6.07) is 9.42. The van der Waals surface area contributed by atoms with Gasteiger partial charge >= 0.3 is 0 Å². The molecule has 128 valence electrons. The number of carbonyl (C=O) groups excluding carboxylic acids is 1. The van der Waals surface area contributed by atoms with Crippen LogP contribution in [0.25, 0.3) is 0 Å². The third-order valence-electron chi connectivity index (χ3n) is 4.44. The van der Waals surface area contributed by atoms with Gasteiger partial charge in [0.05, 0.1) is 18.3 Å². The fraction of sp³-hybridized carbons (Fsp3) is 0.474. The maximum absolute atomic E-state index is 12.5. The van der Waals surface area contributed by atoms with Crippen molar-refractivity contribution in [2.45, 2.75) is 45.7 Å². The fourth-order valence-electron chi connectivity index (χ4n) is 3.12. The van der Waals surface area contributed by atoms with Gasteiger partial charge in [-0.1, -0.05) is 13.0 Å². The van der Waals surface area contributed by atoms with E-state index in [2.05, 4.69) is 15.2 Å². The molecular weight excluding hydrogens is 302 g/mol. The zero-order valence-electron chi connectivity index (χ0n) is 14.4. The SMILES string of the molecule is CCC(NC(=O)c1ccc(CN2CCCC2)o1)c1cccc(C)n1. The molecule has 24 heavy (non-hydrogen) atoms.